The van der Waals surface area contributed by atoms with Crippen molar-refractivity contribution in [2.24, 2.45) is 0 Å². The van der Waals surface area contributed by atoms with Gasteiger partial charge in [0.2, 0.25) is 0 Å². The van der Waals surface area contributed by atoms with Gasteiger partial charge in [-0.15, -0.1) is 0 Å². The molecule has 1 aromatic heterocycles. The topological polar surface area (TPSA) is 59.4 Å². The predicted molar refractivity (Wildman–Crippen MR) is 60.3 cm³/mol. The Bertz CT molecular complexity index is 568. The Labute approximate surface area is 96.4 Å². The van der Waals surface area contributed by atoms with E-state index in [1.165, 1.54) is 19.4 Å². The third-order valence-electron chi connectivity index (χ3n) is 2.20. The largest absolute Gasteiger partial charge is 0.495 e. The molecule has 0 unspecified atom stereocenters. The highest BCUT2D eigenvalue weighted by molar-refractivity contribution is 6.32. The van der Waals surface area contributed by atoms with Crippen LogP contribution in [0.15, 0.2) is 24.4 Å². The highest BCUT2D eigenvalue weighted by Gasteiger charge is 2.08. The monoisotopic (exact) mass is 237 g/mol. The molecular formula is C11H8ClNO3. The molecule has 16 heavy (non-hydrogen) atoms. The molecule has 82 valence electrons. The number of benzene rings is 1. The molecule has 5 heteroatoms. The Hall–Kier alpha value is -1.81. The summed E-state index contributed by atoms with van der Waals surface area (Å²) in [5.74, 6) is -0.494. The summed E-state index contributed by atoms with van der Waals surface area (Å²) in [5.41, 5.74) is 0.778. The first-order valence-corrected chi connectivity index (χ1v) is 4.86. The Morgan fingerprint density at radius 2 is 2.19 bits per heavy atom. The summed E-state index contributed by atoms with van der Waals surface area (Å²) in [6.07, 6.45) is 1.30. The van der Waals surface area contributed by atoms with Gasteiger partial charge >= 0.3 is 5.97 Å². The van der Waals surface area contributed by atoms with E-state index in [1.54, 1.807) is 12.1 Å². The first-order valence-electron chi connectivity index (χ1n) is 4.48. The van der Waals surface area contributed by atoms with Gasteiger partial charge in [0.1, 0.15) is 5.75 Å². The summed E-state index contributed by atoms with van der Waals surface area (Å²) in [4.78, 5) is 14.8. The standard InChI is InChI=1S/C11H8ClNO3/c1-16-10-4-9-6(3-8(10)12)2-7(5-13-9)11(14)15/h2-5H,1H3,(H,14,15). The smallest absolute Gasteiger partial charge is 0.337 e. The highest BCUT2D eigenvalue weighted by Crippen LogP contribution is 2.29. The SMILES string of the molecule is COc1cc2ncc(C(=O)O)cc2cc1Cl. The summed E-state index contributed by atoms with van der Waals surface area (Å²) < 4.78 is 5.04. The van der Waals surface area contributed by atoms with E-state index in [4.69, 9.17) is 21.4 Å². The minimum absolute atomic E-state index is 0.133. The molecule has 0 saturated carbocycles. The number of ether oxygens (including phenoxy) is 1. The van der Waals surface area contributed by atoms with Crippen molar-refractivity contribution in [1.29, 1.82) is 0 Å². The number of pyridine rings is 1. The Morgan fingerprint density at radius 1 is 1.44 bits per heavy atom. The van der Waals surface area contributed by atoms with Gasteiger partial charge in [-0.3, -0.25) is 4.98 Å². The summed E-state index contributed by atoms with van der Waals surface area (Å²) in [7, 11) is 1.51. The fraction of sp³-hybridized carbons (Fsp3) is 0.0909. The van der Waals surface area contributed by atoms with E-state index in [1.807, 2.05) is 0 Å². The number of carbonyl (C=O) groups is 1. The lowest BCUT2D eigenvalue weighted by Gasteiger charge is -2.05. The highest BCUT2D eigenvalue weighted by atomic mass is 35.5. The average molecular weight is 238 g/mol. The molecule has 0 aliphatic rings. The number of aromatic carboxylic acids is 1. The second-order valence-electron chi connectivity index (χ2n) is 3.21. The van der Waals surface area contributed by atoms with Crippen LogP contribution in [0.4, 0.5) is 0 Å². The van der Waals surface area contributed by atoms with E-state index in [-0.39, 0.29) is 5.56 Å². The average Bonchev–Trinajstić information content (AvgIpc) is 2.27. The van der Waals surface area contributed by atoms with Crippen LogP contribution < -0.4 is 4.74 Å². The molecule has 4 nitrogen and oxygen atoms in total. The van der Waals surface area contributed by atoms with Crippen LogP contribution in [0.2, 0.25) is 5.02 Å². The number of rotatable bonds is 2. The molecule has 0 amide bonds. The quantitative estimate of drug-likeness (QED) is 0.872. The lowest BCUT2D eigenvalue weighted by molar-refractivity contribution is 0.0696. The van der Waals surface area contributed by atoms with Gasteiger partial charge in [-0.25, -0.2) is 4.79 Å². The molecule has 0 aliphatic carbocycles. The van der Waals surface area contributed by atoms with Crippen LogP contribution in [0, 0.1) is 0 Å². The van der Waals surface area contributed by atoms with E-state index in [9.17, 15) is 4.79 Å². The normalized spacial score (nSPS) is 10.4. The van der Waals surface area contributed by atoms with Crippen molar-refractivity contribution in [3.63, 3.8) is 0 Å². The minimum atomic E-state index is -1.01. The van der Waals surface area contributed by atoms with Crippen LogP contribution in [0.25, 0.3) is 10.9 Å². The van der Waals surface area contributed by atoms with Crippen molar-refractivity contribution in [2.75, 3.05) is 7.11 Å². The van der Waals surface area contributed by atoms with E-state index in [0.717, 1.165) is 0 Å². The number of hydrogen-bond acceptors (Lipinski definition) is 3. The van der Waals surface area contributed by atoms with Crippen molar-refractivity contribution in [3.05, 3.63) is 35.0 Å². The molecule has 1 heterocycles. The van der Waals surface area contributed by atoms with Crippen LogP contribution in [-0.2, 0) is 0 Å². The summed E-state index contributed by atoms with van der Waals surface area (Å²) in [6, 6.07) is 4.83. The Kier molecular flexibility index (Phi) is 2.66. The molecule has 1 N–H and O–H groups in total. The zero-order valence-electron chi connectivity index (χ0n) is 8.40. The molecule has 0 aliphatic heterocycles. The van der Waals surface area contributed by atoms with Crippen molar-refractivity contribution in [3.8, 4) is 5.75 Å². The van der Waals surface area contributed by atoms with Crippen LogP contribution in [0.3, 0.4) is 0 Å². The third kappa shape index (κ3) is 1.79. The first kappa shape index (κ1) is 10.7. The fourth-order valence-corrected chi connectivity index (χ4v) is 1.65. The fourth-order valence-electron chi connectivity index (χ4n) is 1.40. The second-order valence-corrected chi connectivity index (χ2v) is 3.62. The van der Waals surface area contributed by atoms with E-state index in [0.29, 0.717) is 21.7 Å². The molecule has 2 aromatic rings. The van der Waals surface area contributed by atoms with Gasteiger partial charge in [0.25, 0.3) is 0 Å². The number of carboxylic acids is 1. The maximum Gasteiger partial charge on any atom is 0.337 e. The summed E-state index contributed by atoms with van der Waals surface area (Å²) >= 11 is 5.94. The van der Waals surface area contributed by atoms with Crippen molar-refractivity contribution >= 4 is 28.5 Å². The number of nitrogens with zero attached hydrogens (tertiary/aromatic N) is 1. The van der Waals surface area contributed by atoms with Gasteiger partial charge < -0.3 is 9.84 Å². The van der Waals surface area contributed by atoms with Gasteiger partial charge in [-0.05, 0) is 12.1 Å². The van der Waals surface area contributed by atoms with Gasteiger partial charge in [0, 0.05) is 17.6 Å². The summed E-state index contributed by atoms with van der Waals surface area (Å²) in [6.45, 7) is 0. The van der Waals surface area contributed by atoms with Crippen LogP contribution in [0.1, 0.15) is 10.4 Å². The van der Waals surface area contributed by atoms with Crippen LogP contribution in [-0.4, -0.2) is 23.2 Å². The van der Waals surface area contributed by atoms with Crippen molar-refractivity contribution < 1.29 is 14.6 Å². The van der Waals surface area contributed by atoms with Crippen molar-refractivity contribution in [1.82, 2.24) is 4.98 Å². The lowest BCUT2D eigenvalue weighted by Crippen LogP contribution is -1.97. The Morgan fingerprint density at radius 3 is 2.81 bits per heavy atom. The molecular weight excluding hydrogens is 230 g/mol. The number of methoxy groups -OCH3 is 1. The lowest BCUT2D eigenvalue weighted by atomic mass is 10.1. The van der Waals surface area contributed by atoms with E-state index < -0.39 is 5.97 Å². The van der Waals surface area contributed by atoms with E-state index in [2.05, 4.69) is 4.98 Å². The van der Waals surface area contributed by atoms with Gasteiger partial charge in [0.15, 0.2) is 0 Å². The van der Waals surface area contributed by atoms with Gasteiger partial charge in [-0.2, -0.15) is 0 Å². The molecule has 0 bridgehead atoms. The third-order valence-corrected chi connectivity index (χ3v) is 2.50. The summed E-state index contributed by atoms with van der Waals surface area (Å²) in [5, 5.41) is 9.92. The Balaban J connectivity index is 2.66. The molecule has 1 aromatic carbocycles. The van der Waals surface area contributed by atoms with E-state index >= 15 is 0 Å². The maximum atomic E-state index is 10.8. The number of aromatic nitrogens is 1. The van der Waals surface area contributed by atoms with Gasteiger partial charge in [0.05, 0.1) is 23.2 Å². The molecule has 0 saturated heterocycles. The maximum absolute atomic E-state index is 10.8. The zero-order valence-corrected chi connectivity index (χ0v) is 9.15. The molecule has 0 atom stereocenters. The van der Waals surface area contributed by atoms with Crippen LogP contribution >= 0.6 is 11.6 Å². The predicted octanol–water partition coefficient (Wildman–Crippen LogP) is 2.60. The first-order chi connectivity index (χ1) is 7.61. The molecule has 0 radical (unpaired) electrons. The number of carboxylic acid groups (broad SMARTS) is 1. The number of hydrogen-bond donors (Lipinski definition) is 1. The molecule has 2 rings (SSSR count). The zero-order chi connectivity index (χ0) is 11.7. The number of fused-ring (bicyclic) bond motifs is 1. The van der Waals surface area contributed by atoms with Crippen LogP contribution in [0.5, 0.6) is 5.75 Å². The number of halogens is 1. The minimum Gasteiger partial charge on any atom is -0.495 e. The van der Waals surface area contributed by atoms with Crippen molar-refractivity contribution in [2.45, 2.75) is 0 Å². The van der Waals surface area contributed by atoms with Gasteiger partial charge in [-0.1, -0.05) is 11.6 Å². The second kappa shape index (κ2) is 3.98. The molecule has 0 spiro atoms. The molecule has 0 fully saturated rings.